The molecule has 1 aromatic carbocycles. The van der Waals surface area contributed by atoms with Gasteiger partial charge in [0.2, 0.25) is 11.8 Å². The summed E-state index contributed by atoms with van der Waals surface area (Å²) >= 11 is 7.29. The molecule has 26 heteroatoms. The lowest BCUT2D eigenvalue weighted by molar-refractivity contribution is -0.122. The summed E-state index contributed by atoms with van der Waals surface area (Å²) in [4.78, 5) is 102. The first-order valence-electron chi connectivity index (χ1n) is 21.0. The Morgan fingerprint density at radius 1 is 0.743 bits per heavy atom. The van der Waals surface area contributed by atoms with Crippen LogP contribution in [0.4, 0.5) is 10.9 Å². The molecule has 0 fully saturated rings. The number of aromatic nitrogens is 7. The highest BCUT2D eigenvalue weighted by molar-refractivity contribution is 7.16. The summed E-state index contributed by atoms with van der Waals surface area (Å²) in [5.41, 5.74) is 3.11. The summed E-state index contributed by atoms with van der Waals surface area (Å²) in [6.45, 7) is 1.14. The molecule has 5 amide bonds. The first kappa shape index (κ1) is 48.3. The Labute approximate surface area is 422 Å². The van der Waals surface area contributed by atoms with Crippen molar-refractivity contribution in [3.05, 3.63) is 106 Å². The summed E-state index contributed by atoms with van der Waals surface area (Å²) in [7, 11) is 4.69. The number of aliphatic hydroxyl groups excluding tert-OH is 1. The molecule has 0 unspecified atom stereocenters. The first-order valence-corrected chi connectivity index (χ1v) is 26.2. The van der Waals surface area contributed by atoms with Crippen molar-refractivity contribution < 1.29 is 33.8 Å². The predicted molar refractivity (Wildman–Crippen MR) is 269 cm³/mol. The highest BCUT2D eigenvalue weighted by Gasteiger charge is 2.31. The summed E-state index contributed by atoms with van der Waals surface area (Å²) in [6, 6.07) is 10.5. The number of anilines is 2. The zero-order valence-electron chi connectivity index (χ0n) is 37.2. The van der Waals surface area contributed by atoms with E-state index in [1.165, 1.54) is 59.5 Å². The van der Waals surface area contributed by atoms with Crippen molar-refractivity contribution in [1.82, 2.24) is 56.2 Å². The van der Waals surface area contributed by atoms with Crippen LogP contribution in [-0.2, 0) is 20.9 Å². The zero-order chi connectivity index (χ0) is 49.1. The van der Waals surface area contributed by atoms with Crippen LogP contribution in [0.15, 0.2) is 64.0 Å². The molecule has 1 aliphatic heterocycles. The van der Waals surface area contributed by atoms with Crippen LogP contribution in [0.3, 0.4) is 0 Å². The fourth-order valence-corrected chi connectivity index (χ4v) is 12.3. The Balaban J connectivity index is 1.13. The molecule has 358 valence electrons. The molecule has 0 aliphatic carbocycles. The molecule has 0 saturated heterocycles. The van der Waals surface area contributed by atoms with Crippen LogP contribution in [-0.4, -0.2) is 97.3 Å². The number of benzene rings is 1. The topological polar surface area (TPSA) is 277 Å². The van der Waals surface area contributed by atoms with Crippen molar-refractivity contribution in [3.63, 3.8) is 0 Å². The molecule has 10 bridgehead atoms. The van der Waals surface area contributed by atoms with Crippen LogP contribution in [0.25, 0.3) is 43.4 Å². The van der Waals surface area contributed by atoms with E-state index < -0.39 is 48.4 Å². The number of carbonyl (C=O) groups is 5. The number of hydrogen-bond donors (Lipinski definition) is 7. The van der Waals surface area contributed by atoms with Crippen LogP contribution in [0.1, 0.15) is 81.4 Å². The predicted octanol–water partition coefficient (Wildman–Crippen LogP) is 6.48. The minimum Gasteiger partial charge on any atom is -0.386 e. The molecule has 7 N–H and O–H groups in total. The summed E-state index contributed by atoms with van der Waals surface area (Å²) in [5.74, 6) is -2.28. The summed E-state index contributed by atoms with van der Waals surface area (Å²) < 4.78 is 5.33. The van der Waals surface area contributed by atoms with Crippen molar-refractivity contribution in [3.8, 4) is 43.4 Å². The van der Waals surface area contributed by atoms with E-state index >= 15 is 0 Å². The quantitative estimate of drug-likeness (QED) is 0.0858. The molecular weight excluding hydrogens is 1010 g/mol. The molecule has 9 rings (SSSR count). The average molecular weight is 1050 g/mol. The number of methoxy groups -OCH3 is 1. The number of nitrogens with one attached hydrogen (secondary N) is 6. The molecular formula is C44H39N13O7S6. The molecule has 0 spiro atoms. The Kier molecular flexibility index (Phi) is 14.5. The number of amides is 5. The molecule has 20 nitrogen and oxygen atoms in total. The number of carbonyl (C=O) groups excluding carboxylic acids is 5. The fourth-order valence-electron chi connectivity index (χ4n) is 7.03. The highest BCUT2D eigenvalue weighted by atomic mass is 32.1. The molecule has 70 heavy (non-hydrogen) atoms. The van der Waals surface area contributed by atoms with Gasteiger partial charge < -0.3 is 36.4 Å². The number of fused-ring (bicyclic) bond motifs is 14. The lowest BCUT2D eigenvalue weighted by Crippen LogP contribution is -2.40. The van der Waals surface area contributed by atoms with E-state index in [0.29, 0.717) is 69.5 Å². The zero-order valence-corrected chi connectivity index (χ0v) is 42.1. The van der Waals surface area contributed by atoms with E-state index in [1.54, 1.807) is 49.0 Å². The number of hydrogen-bond acceptors (Lipinski definition) is 21. The molecule has 0 radical (unpaired) electrons. The third kappa shape index (κ3) is 10.4. The van der Waals surface area contributed by atoms with Gasteiger partial charge in [-0.3, -0.25) is 29.3 Å². The second-order valence-corrected chi connectivity index (χ2v) is 20.9. The number of nitrogens with zero attached hydrogens (tertiary/aromatic N) is 7. The van der Waals surface area contributed by atoms with Crippen LogP contribution < -0.4 is 31.9 Å². The maximum atomic E-state index is 14.0. The minimum absolute atomic E-state index is 0.0135. The van der Waals surface area contributed by atoms with E-state index in [0.717, 1.165) is 22.7 Å². The van der Waals surface area contributed by atoms with Crippen molar-refractivity contribution in [1.29, 1.82) is 0 Å². The van der Waals surface area contributed by atoms with Gasteiger partial charge in [0.15, 0.2) is 5.13 Å². The van der Waals surface area contributed by atoms with Crippen LogP contribution in [0.2, 0.25) is 0 Å². The van der Waals surface area contributed by atoms with Crippen LogP contribution in [0, 0.1) is 6.92 Å². The molecule has 7 aromatic heterocycles. The maximum absolute atomic E-state index is 14.0. The van der Waals surface area contributed by atoms with Gasteiger partial charge in [-0.05, 0) is 24.6 Å². The molecule has 8 aromatic rings. The smallest absolute Gasteiger partial charge is 0.277 e. The molecule has 0 saturated carbocycles. The normalized spacial score (nSPS) is 15.9. The lowest BCUT2D eigenvalue weighted by Gasteiger charge is -2.23. The van der Waals surface area contributed by atoms with Crippen molar-refractivity contribution >= 4 is 109 Å². The second-order valence-electron chi connectivity index (χ2n) is 15.1. The Bertz CT molecular complexity index is 3250. The third-order valence-corrected chi connectivity index (χ3v) is 16.0. The number of aliphatic hydroxyl groups is 1. The monoisotopic (exact) mass is 1050 g/mol. The van der Waals surface area contributed by atoms with E-state index in [-0.39, 0.29) is 46.2 Å². The van der Waals surface area contributed by atoms with Crippen molar-refractivity contribution in [2.75, 3.05) is 38.4 Å². The maximum Gasteiger partial charge on any atom is 0.277 e. The van der Waals surface area contributed by atoms with E-state index in [4.69, 9.17) is 24.7 Å². The number of rotatable bonds is 8. The van der Waals surface area contributed by atoms with E-state index in [2.05, 4.69) is 46.9 Å². The van der Waals surface area contributed by atoms with Gasteiger partial charge in [0.25, 0.3) is 17.7 Å². The summed E-state index contributed by atoms with van der Waals surface area (Å²) in [5, 5.41) is 37.9. The lowest BCUT2D eigenvalue weighted by atomic mass is 10.0. The second kappa shape index (κ2) is 21.1. The van der Waals surface area contributed by atoms with Crippen molar-refractivity contribution in [2.24, 2.45) is 0 Å². The number of thiazole rings is 6. The van der Waals surface area contributed by atoms with Gasteiger partial charge in [-0.25, -0.2) is 34.9 Å². The first-order chi connectivity index (χ1) is 33.9. The number of pyridine rings is 1. The average Bonchev–Trinajstić information content (AvgIpc) is 4.24. The molecule has 8 heterocycles. The third-order valence-electron chi connectivity index (χ3n) is 10.5. The SMILES string of the molecule is CNC(=O)C[C@@H]1NC(=O)c2csc(n2)-c2ccc(-c3nc(NC)cs3)nc2-c2csc(n2)-c2csc(n2)[C@H]([C@@H](O)c2ccccc2)NC(=O)CNC(=O)c2nc(sc2COC)NC(=O)c2nc1sc2C. The van der Waals surface area contributed by atoms with Gasteiger partial charge in [-0.15, -0.1) is 56.7 Å². The Hall–Kier alpha value is -6.78. The van der Waals surface area contributed by atoms with Crippen LogP contribution in [0.5, 0.6) is 0 Å². The van der Waals surface area contributed by atoms with Gasteiger partial charge in [0, 0.05) is 53.2 Å². The number of aryl methyl sites for hydroxylation is 1. The standard InChI is InChI=1S/C44H39N13O7S6/c1-19-31-38(63)57-44-56-33(27(70-44)14-64-4)37(62)47-13-30(59)54-34(35(60)20-8-6-5-7-9-20)43-52-26(17-67-43)41-50-24(15-66-41)32-21(10-11-22(48-32)40-53-28(45-2)18-68-40)39-51-25(16-65-39)36(61)49-23(12-29(58)46-3)42(55-31)69-19/h5-11,15-18,23,34-35,45,60H,12-14H2,1-4H3,(H,46,58)(H,47,62)(H,49,61)(H,54,59)(H,56,57,63)/t23-,34-,35-/m0/s1. The largest absolute Gasteiger partial charge is 0.386 e. The minimum atomic E-state index is -1.24. The Morgan fingerprint density at radius 2 is 1.49 bits per heavy atom. The van der Waals surface area contributed by atoms with Crippen molar-refractivity contribution in [2.45, 2.75) is 38.1 Å². The summed E-state index contributed by atoms with van der Waals surface area (Å²) in [6.07, 6.45) is -1.43. The van der Waals surface area contributed by atoms with Gasteiger partial charge in [0.05, 0.1) is 36.2 Å². The fraction of sp³-hybridized carbons (Fsp3) is 0.227. The van der Waals surface area contributed by atoms with E-state index in [1.807, 2.05) is 29.0 Å². The highest BCUT2D eigenvalue weighted by Crippen LogP contribution is 2.40. The van der Waals surface area contributed by atoms with Gasteiger partial charge in [0.1, 0.15) is 77.2 Å². The Morgan fingerprint density at radius 3 is 2.26 bits per heavy atom. The van der Waals surface area contributed by atoms with Crippen LogP contribution >= 0.6 is 68.0 Å². The van der Waals surface area contributed by atoms with Gasteiger partial charge in [-0.1, -0.05) is 41.7 Å². The number of ether oxygens (including phenoxy) is 1. The molecule has 1 aliphatic rings. The molecule has 3 atom stereocenters. The van der Waals surface area contributed by atoms with E-state index in [9.17, 15) is 29.1 Å². The van der Waals surface area contributed by atoms with Gasteiger partial charge >= 0.3 is 0 Å². The van der Waals surface area contributed by atoms with Gasteiger partial charge in [-0.2, -0.15) is 0 Å².